The molecule has 2 heterocycles. The molecule has 0 spiro atoms. The molecule has 12 nitrogen and oxygen atoms in total. The number of hydrogen-bond donors (Lipinski definition) is 3. The van der Waals surface area contributed by atoms with Crippen molar-refractivity contribution in [1.82, 2.24) is 15.5 Å². The second kappa shape index (κ2) is 13.7. The highest BCUT2D eigenvalue weighted by Gasteiger charge is 2.64. The third-order valence-corrected chi connectivity index (χ3v) is 8.96. The zero-order valence-electron chi connectivity index (χ0n) is 25.7. The molecule has 0 aromatic heterocycles. The zero-order valence-corrected chi connectivity index (χ0v) is 27.4. The lowest BCUT2D eigenvalue weighted by Crippen LogP contribution is -2.70. The van der Waals surface area contributed by atoms with Gasteiger partial charge in [-0.1, -0.05) is 26.0 Å². The van der Waals surface area contributed by atoms with Gasteiger partial charge in [0.1, 0.15) is 34.8 Å². The van der Waals surface area contributed by atoms with Crippen molar-refractivity contribution in [2.24, 2.45) is 5.92 Å². The maximum absolute atomic E-state index is 13.1. The van der Waals surface area contributed by atoms with Gasteiger partial charge in [-0.25, -0.2) is 14.4 Å². The van der Waals surface area contributed by atoms with E-state index >= 15 is 0 Å². The molecule has 1 aromatic carbocycles. The first-order valence-electron chi connectivity index (χ1n) is 13.9. The number of hydrogen-bond acceptors (Lipinski definition) is 11. The predicted octanol–water partition coefficient (Wildman–Crippen LogP) is 2.94. The number of fused-ring (bicyclic) bond motifs is 1. The second-order valence-electron chi connectivity index (χ2n) is 12.3. The van der Waals surface area contributed by atoms with Gasteiger partial charge in [0.25, 0.3) is 0 Å². The molecule has 2 saturated heterocycles. The number of nitrogens with zero attached hydrogens (tertiary/aromatic N) is 1. The largest absolute Gasteiger partial charge is 0.508 e. The van der Waals surface area contributed by atoms with E-state index in [0.717, 1.165) is 5.56 Å². The molecule has 4 unspecified atom stereocenters. The minimum atomic E-state index is -1.03. The SMILES string of the molecule is CSCc1cc(CC(=O)NC2C(=O)N3C2SC(C)(C)C3C(=O)OCOC(=O)C(NC(=O)OC(C)(C)C)C(C)C)ccc1O. The van der Waals surface area contributed by atoms with Crippen molar-refractivity contribution < 1.29 is 43.3 Å². The lowest BCUT2D eigenvalue weighted by Gasteiger charge is -2.43. The normalized spacial score (nSPS) is 21.4. The van der Waals surface area contributed by atoms with Crippen LogP contribution in [0, 0.1) is 5.92 Å². The molecule has 3 N–H and O–H groups in total. The molecule has 3 amide bonds. The molecule has 0 radical (unpaired) electrons. The van der Waals surface area contributed by atoms with Crippen molar-refractivity contribution in [2.75, 3.05) is 13.0 Å². The maximum atomic E-state index is 13.1. The minimum Gasteiger partial charge on any atom is -0.508 e. The number of carbonyl (C=O) groups is 5. The van der Waals surface area contributed by atoms with Crippen molar-refractivity contribution in [3.63, 3.8) is 0 Å². The van der Waals surface area contributed by atoms with E-state index in [1.54, 1.807) is 78.4 Å². The molecule has 2 aliphatic heterocycles. The number of aromatic hydroxyl groups is 1. The molecule has 4 atom stereocenters. The number of alkyl carbamates (subject to hydrolysis) is 1. The van der Waals surface area contributed by atoms with Crippen molar-refractivity contribution >= 4 is 53.4 Å². The van der Waals surface area contributed by atoms with Gasteiger partial charge < -0.3 is 34.9 Å². The number of benzene rings is 1. The molecule has 0 saturated carbocycles. The molecular formula is C29H41N3O9S2. The van der Waals surface area contributed by atoms with Gasteiger partial charge in [-0.05, 0) is 58.4 Å². The van der Waals surface area contributed by atoms with Gasteiger partial charge in [0.2, 0.25) is 18.6 Å². The van der Waals surface area contributed by atoms with Crippen LogP contribution >= 0.6 is 23.5 Å². The van der Waals surface area contributed by atoms with Crippen molar-refractivity contribution in [3.8, 4) is 5.75 Å². The number of thioether (sulfide) groups is 2. The summed E-state index contributed by atoms with van der Waals surface area (Å²) in [6.07, 6.45) is 1.17. The quantitative estimate of drug-likeness (QED) is 0.186. The van der Waals surface area contributed by atoms with E-state index in [-0.39, 0.29) is 24.0 Å². The van der Waals surface area contributed by atoms with Crippen LogP contribution in [-0.2, 0) is 45.6 Å². The number of ether oxygens (including phenoxy) is 3. The third-order valence-electron chi connectivity index (χ3n) is 6.78. The zero-order chi connectivity index (χ0) is 32.3. The van der Waals surface area contributed by atoms with Crippen molar-refractivity contribution in [3.05, 3.63) is 29.3 Å². The Hall–Kier alpha value is -3.13. The van der Waals surface area contributed by atoms with Crippen LogP contribution in [0.3, 0.4) is 0 Å². The van der Waals surface area contributed by atoms with Gasteiger partial charge in [0, 0.05) is 16.1 Å². The van der Waals surface area contributed by atoms with Gasteiger partial charge in [0.05, 0.1) is 6.42 Å². The fourth-order valence-corrected chi connectivity index (χ4v) is 6.97. The molecule has 238 valence electrons. The molecule has 2 aliphatic rings. The predicted molar refractivity (Wildman–Crippen MR) is 162 cm³/mol. The summed E-state index contributed by atoms with van der Waals surface area (Å²) in [6.45, 7) is 11.4. The van der Waals surface area contributed by atoms with E-state index in [4.69, 9.17) is 14.2 Å². The topological polar surface area (TPSA) is 161 Å². The molecule has 43 heavy (non-hydrogen) atoms. The van der Waals surface area contributed by atoms with E-state index in [9.17, 15) is 29.1 Å². The van der Waals surface area contributed by atoms with Crippen molar-refractivity contribution in [1.29, 1.82) is 0 Å². The Bertz CT molecular complexity index is 1250. The number of carbonyl (C=O) groups excluding carboxylic acids is 5. The molecule has 0 bridgehead atoms. The molecule has 0 aliphatic carbocycles. The Labute approximate surface area is 260 Å². The molecular weight excluding hydrogens is 598 g/mol. The highest BCUT2D eigenvalue weighted by atomic mass is 32.2. The van der Waals surface area contributed by atoms with Crippen LogP contribution in [0.15, 0.2) is 18.2 Å². The number of nitrogens with one attached hydrogen (secondary N) is 2. The minimum absolute atomic E-state index is 0.0310. The van der Waals surface area contributed by atoms with Gasteiger partial charge >= 0.3 is 18.0 Å². The Morgan fingerprint density at radius 2 is 1.84 bits per heavy atom. The lowest BCUT2D eigenvalue weighted by molar-refractivity contribution is -0.177. The van der Waals surface area contributed by atoms with Crippen LogP contribution in [-0.4, -0.2) is 86.7 Å². The van der Waals surface area contributed by atoms with Gasteiger partial charge in [0.15, 0.2) is 0 Å². The van der Waals surface area contributed by atoms with E-state index in [1.807, 2.05) is 6.26 Å². The summed E-state index contributed by atoms with van der Waals surface area (Å²) in [5, 5.41) is 14.8. The molecule has 2 fully saturated rings. The molecule has 3 rings (SSSR count). The summed E-state index contributed by atoms with van der Waals surface area (Å²) in [4.78, 5) is 65.1. The van der Waals surface area contributed by atoms with Crippen LogP contribution in [0.2, 0.25) is 0 Å². The highest BCUT2D eigenvalue weighted by molar-refractivity contribution is 8.01. The van der Waals surface area contributed by atoms with E-state index in [2.05, 4.69) is 10.6 Å². The summed E-state index contributed by atoms with van der Waals surface area (Å²) in [7, 11) is 0. The Morgan fingerprint density at radius 1 is 1.16 bits per heavy atom. The number of esters is 2. The second-order valence-corrected chi connectivity index (χ2v) is 14.9. The third kappa shape index (κ3) is 8.49. The average molecular weight is 640 g/mol. The Kier molecular flexibility index (Phi) is 10.9. The van der Waals surface area contributed by atoms with E-state index in [1.165, 1.54) is 16.7 Å². The van der Waals surface area contributed by atoms with Gasteiger partial charge in [-0.15, -0.1) is 11.8 Å². The number of phenolic OH excluding ortho intramolecular Hbond substituents is 1. The highest BCUT2D eigenvalue weighted by Crippen LogP contribution is 2.51. The van der Waals surface area contributed by atoms with Gasteiger partial charge in [-0.3, -0.25) is 9.59 Å². The maximum Gasteiger partial charge on any atom is 0.408 e. The average Bonchev–Trinajstić information content (AvgIpc) is 3.14. The molecule has 1 aromatic rings. The molecule has 14 heteroatoms. The van der Waals surface area contributed by atoms with Crippen molar-refractivity contribution in [2.45, 2.75) is 94.5 Å². The summed E-state index contributed by atoms with van der Waals surface area (Å²) in [5.41, 5.74) is 0.678. The Balaban J connectivity index is 1.55. The van der Waals surface area contributed by atoms with Gasteiger partial charge in [-0.2, -0.15) is 11.8 Å². The first kappa shape index (κ1) is 34.4. The first-order valence-corrected chi connectivity index (χ1v) is 16.1. The standard InChI is InChI=1S/C29H41N3O9S2/c1-15(2)20(31-27(38)41-28(3,4)5)25(36)39-14-40-26(37)22-29(6,7)43-24-21(23(35)32(22)24)30-19(34)12-16-9-10-18(33)17(11-16)13-42-8/h9-11,15,20-22,24,33H,12-14H2,1-8H3,(H,30,34)(H,31,38). The summed E-state index contributed by atoms with van der Waals surface area (Å²) >= 11 is 2.92. The summed E-state index contributed by atoms with van der Waals surface area (Å²) in [5.74, 6) is -1.89. The lowest BCUT2D eigenvalue weighted by atomic mass is 9.96. The van der Waals surface area contributed by atoms with Crippen LogP contribution in [0.25, 0.3) is 0 Å². The number of rotatable bonds is 11. The number of amides is 3. The van der Waals surface area contributed by atoms with Crippen LogP contribution in [0.1, 0.15) is 59.6 Å². The monoisotopic (exact) mass is 639 g/mol. The Morgan fingerprint density at radius 3 is 2.44 bits per heavy atom. The van der Waals surface area contributed by atoms with Crippen LogP contribution in [0.4, 0.5) is 4.79 Å². The van der Waals surface area contributed by atoms with Crippen LogP contribution < -0.4 is 10.6 Å². The van der Waals surface area contributed by atoms with E-state index in [0.29, 0.717) is 11.3 Å². The number of β-lactam (4-membered cyclic amide) rings is 1. The fourth-order valence-electron chi connectivity index (χ4n) is 4.80. The van der Waals surface area contributed by atoms with E-state index < -0.39 is 64.6 Å². The first-order chi connectivity index (χ1) is 19.9. The van der Waals surface area contributed by atoms with Crippen LogP contribution in [0.5, 0.6) is 5.75 Å². The summed E-state index contributed by atoms with van der Waals surface area (Å²) < 4.78 is 14.8. The fraction of sp³-hybridized carbons (Fsp3) is 0.621. The smallest absolute Gasteiger partial charge is 0.408 e. The summed E-state index contributed by atoms with van der Waals surface area (Å²) in [6, 6.07) is 2.18. The number of phenols is 1.